The van der Waals surface area contributed by atoms with Crippen LogP contribution in [0.25, 0.3) is 0 Å². The number of rotatable bonds is 6. The standard InChI is InChI=1S/C21H19NO5/c22-13-16-4-1-2-5-17(16)14-27-21(24)9-7-18(23)15-6-8-19-20(12-15)26-11-3-10-25-19/h1-2,4-6,8,12H,3,7,9-11,14H2. The van der Waals surface area contributed by atoms with Crippen LogP contribution in [0.15, 0.2) is 42.5 Å². The summed E-state index contributed by atoms with van der Waals surface area (Å²) in [4.78, 5) is 24.3. The molecule has 0 bridgehead atoms. The second-order valence-corrected chi connectivity index (χ2v) is 6.06. The lowest BCUT2D eigenvalue weighted by Crippen LogP contribution is -2.09. The minimum absolute atomic E-state index is 0.0147. The van der Waals surface area contributed by atoms with Crippen LogP contribution in [0.3, 0.4) is 0 Å². The number of Topliss-reactive ketones (excluding diaryl/α,β-unsaturated/α-hetero) is 1. The smallest absolute Gasteiger partial charge is 0.306 e. The number of fused-ring (bicyclic) bond motifs is 1. The van der Waals surface area contributed by atoms with E-state index >= 15 is 0 Å². The molecule has 3 rings (SSSR count). The Morgan fingerprint density at radius 1 is 1.04 bits per heavy atom. The molecule has 1 heterocycles. The van der Waals surface area contributed by atoms with E-state index in [0.717, 1.165) is 6.42 Å². The number of ketones is 1. The van der Waals surface area contributed by atoms with Gasteiger partial charge in [-0.2, -0.15) is 5.26 Å². The van der Waals surface area contributed by atoms with E-state index in [1.54, 1.807) is 42.5 Å². The lowest BCUT2D eigenvalue weighted by Gasteiger charge is -2.09. The molecule has 2 aromatic rings. The van der Waals surface area contributed by atoms with Crippen molar-refractivity contribution in [2.24, 2.45) is 0 Å². The Balaban J connectivity index is 1.52. The predicted molar refractivity (Wildman–Crippen MR) is 96.6 cm³/mol. The molecule has 0 saturated heterocycles. The third-order valence-corrected chi connectivity index (χ3v) is 4.15. The SMILES string of the molecule is N#Cc1ccccc1COC(=O)CCC(=O)c1ccc2c(c1)OCCCO2. The molecule has 6 heteroatoms. The normalized spacial score (nSPS) is 12.6. The van der Waals surface area contributed by atoms with Crippen LogP contribution in [0, 0.1) is 11.3 Å². The molecule has 0 atom stereocenters. The van der Waals surface area contributed by atoms with Gasteiger partial charge in [0.15, 0.2) is 17.3 Å². The van der Waals surface area contributed by atoms with Gasteiger partial charge in [0.2, 0.25) is 0 Å². The summed E-state index contributed by atoms with van der Waals surface area (Å²) in [5, 5.41) is 9.03. The topological polar surface area (TPSA) is 85.6 Å². The van der Waals surface area contributed by atoms with Gasteiger partial charge in [-0.3, -0.25) is 9.59 Å². The van der Waals surface area contributed by atoms with Crippen molar-refractivity contribution in [2.75, 3.05) is 13.2 Å². The average Bonchev–Trinajstić information content (AvgIpc) is 2.95. The van der Waals surface area contributed by atoms with Crippen LogP contribution >= 0.6 is 0 Å². The number of nitrogens with zero attached hydrogens (tertiary/aromatic N) is 1. The molecule has 0 saturated carbocycles. The number of carbonyl (C=O) groups excluding carboxylic acids is 2. The molecular weight excluding hydrogens is 346 g/mol. The highest BCUT2D eigenvalue weighted by atomic mass is 16.5. The van der Waals surface area contributed by atoms with Gasteiger partial charge in [0, 0.05) is 24.0 Å². The van der Waals surface area contributed by atoms with Crippen LogP contribution in [-0.2, 0) is 16.1 Å². The Bertz CT molecular complexity index is 884. The summed E-state index contributed by atoms with van der Waals surface area (Å²) in [6, 6.07) is 14.0. The summed E-state index contributed by atoms with van der Waals surface area (Å²) in [5.74, 6) is 0.527. The van der Waals surface area contributed by atoms with Gasteiger partial charge in [0.25, 0.3) is 0 Å². The number of ether oxygens (including phenoxy) is 3. The maximum Gasteiger partial charge on any atom is 0.306 e. The third-order valence-electron chi connectivity index (χ3n) is 4.15. The summed E-state index contributed by atoms with van der Waals surface area (Å²) in [5.41, 5.74) is 1.58. The average molecular weight is 365 g/mol. The molecule has 1 aliphatic heterocycles. The number of benzene rings is 2. The summed E-state index contributed by atoms with van der Waals surface area (Å²) in [6.45, 7) is 1.14. The predicted octanol–water partition coefficient (Wildman–Crippen LogP) is 3.43. The van der Waals surface area contributed by atoms with E-state index in [4.69, 9.17) is 19.5 Å². The van der Waals surface area contributed by atoms with Crippen LogP contribution in [0.5, 0.6) is 11.5 Å². The second kappa shape index (κ2) is 8.86. The first-order chi connectivity index (χ1) is 13.2. The van der Waals surface area contributed by atoms with Crippen LogP contribution in [0.2, 0.25) is 0 Å². The van der Waals surface area contributed by atoms with Gasteiger partial charge >= 0.3 is 5.97 Å². The van der Waals surface area contributed by atoms with Gasteiger partial charge in [-0.05, 0) is 24.3 Å². The maximum atomic E-state index is 12.3. The Morgan fingerprint density at radius 3 is 2.63 bits per heavy atom. The van der Waals surface area contributed by atoms with Gasteiger partial charge < -0.3 is 14.2 Å². The monoisotopic (exact) mass is 365 g/mol. The van der Waals surface area contributed by atoms with Gasteiger partial charge in [0.05, 0.1) is 31.3 Å². The Morgan fingerprint density at radius 2 is 1.81 bits per heavy atom. The zero-order valence-electron chi connectivity index (χ0n) is 14.8. The van der Waals surface area contributed by atoms with Gasteiger partial charge in [-0.15, -0.1) is 0 Å². The van der Waals surface area contributed by atoms with Crippen molar-refractivity contribution in [3.8, 4) is 17.6 Å². The van der Waals surface area contributed by atoms with E-state index in [1.165, 1.54) is 0 Å². The number of hydrogen-bond acceptors (Lipinski definition) is 6. The fourth-order valence-corrected chi connectivity index (χ4v) is 2.68. The molecule has 0 spiro atoms. The summed E-state index contributed by atoms with van der Waals surface area (Å²) < 4.78 is 16.3. The third kappa shape index (κ3) is 4.85. The summed E-state index contributed by atoms with van der Waals surface area (Å²) in [7, 11) is 0. The highest BCUT2D eigenvalue weighted by molar-refractivity contribution is 5.98. The molecule has 1 aliphatic rings. The van der Waals surface area contributed by atoms with Crippen LogP contribution in [-0.4, -0.2) is 25.0 Å². The Kier molecular flexibility index (Phi) is 6.06. The molecule has 27 heavy (non-hydrogen) atoms. The second-order valence-electron chi connectivity index (χ2n) is 6.06. The van der Waals surface area contributed by atoms with Crippen molar-refractivity contribution in [2.45, 2.75) is 25.9 Å². The molecule has 0 radical (unpaired) electrons. The van der Waals surface area contributed by atoms with E-state index in [0.29, 0.717) is 41.4 Å². The van der Waals surface area contributed by atoms with Crippen LogP contribution in [0.4, 0.5) is 0 Å². The first-order valence-corrected chi connectivity index (χ1v) is 8.74. The fraction of sp³-hybridized carbons (Fsp3) is 0.286. The molecule has 0 N–H and O–H groups in total. The number of hydrogen-bond donors (Lipinski definition) is 0. The minimum atomic E-state index is -0.481. The largest absolute Gasteiger partial charge is 0.490 e. The molecule has 138 valence electrons. The number of esters is 1. The maximum absolute atomic E-state index is 12.3. The summed E-state index contributed by atoms with van der Waals surface area (Å²) in [6.07, 6.45) is 0.805. The highest BCUT2D eigenvalue weighted by Crippen LogP contribution is 2.30. The molecule has 0 fully saturated rings. The Hall–Kier alpha value is -3.33. The van der Waals surface area contributed by atoms with E-state index in [-0.39, 0.29) is 25.2 Å². The van der Waals surface area contributed by atoms with Crippen molar-refractivity contribution in [1.82, 2.24) is 0 Å². The van der Waals surface area contributed by atoms with E-state index in [2.05, 4.69) is 6.07 Å². The van der Waals surface area contributed by atoms with Gasteiger partial charge in [0.1, 0.15) is 6.61 Å². The van der Waals surface area contributed by atoms with E-state index in [9.17, 15) is 9.59 Å². The molecule has 0 amide bonds. The molecule has 0 aromatic heterocycles. The van der Waals surface area contributed by atoms with Crippen molar-refractivity contribution < 1.29 is 23.8 Å². The van der Waals surface area contributed by atoms with Crippen LogP contribution < -0.4 is 9.47 Å². The summed E-state index contributed by atoms with van der Waals surface area (Å²) >= 11 is 0. The molecule has 6 nitrogen and oxygen atoms in total. The molecule has 0 aliphatic carbocycles. The highest BCUT2D eigenvalue weighted by Gasteiger charge is 2.16. The first-order valence-electron chi connectivity index (χ1n) is 8.74. The van der Waals surface area contributed by atoms with E-state index in [1.807, 2.05) is 0 Å². The molecule has 2 aromatic carbocycles. The van der Waals surface area contributed by atoms with Crippen molar-refractivity contribution >= 4 is 11.8 Å². The number of nitriles is 1. The van der Waals surface area contributed by atoms with E-state index < -0.39 is 5.97 Å². The lowest BCUT2D eigenvalue weighted by molar-refractivity contribution is -0.144. The van der Waals surface area contributed by atoms with Crippen molar-refractivity contribution in [3.63, 3.8) is 0 Å². The molecular formula is C21H19NO5. The Labute approximate surface area is 157 Å². The van der Waals surface area contributed by atoms with Gasteiger partial charge in [-0.25, -0.2) is 0 Å². The zero-order chi connectivity index (χ0) is 19.1. The van der Waals surface area contributed by atoms with Gasteiger partial charge in [-0.1, -0.05) is 18.2 Å². The van der Waals surface area contributed by atoms with Crippen molar-refractivity contribution in [3.05, 3.63) is 59.2 Å². The minimum Gasteiger partial charge on any atom is -0.490 e. The molecule has 0 unspecified atom stereocenters. The van der Waals surface area contributed by atoms with Crippen molar-refractivity contribution in [1.29, 1.82) is 5.26 Å². The quantitative estimate of drug-likeness (QED) is 0.576. The lowest BCUT2D eigenvalue weighted by atomic mass is 10.1. The zero-order valence-corrected chi connectivity index (χ0v) is 14.8. The fourth-order valence-electron chi connectivity index (χ4n) is 2.68. The first kappa shape index (κ1) is 18.5. The van der Waals surface area contributed by atoms with Crippen LogP contribution in [0.1, 0.15) is 40.7 Å². The number of carbonyl (C=O) groups is 2.